The topological polar surface area (TPSA) is 95.9 Å². The van der Waals surface area contributed by atoms with Crippen molar-refractivity contribution in [3.8, 4) is 5.75 Å². The lowest BCUT2D eigenvalue weighted by Gasteiger charge is -2.15. The molecule has 0 aliphatic carbocycles. The van der Waals surface area contributed by atoms with Crippen molar-refractivity contribution in [3.63, 3.8) is 0 Å². The Bertz CT molecular complexity index is 1070. The van der Waals surface area contributed by atoms with Gasteiger partial charge in [0.25, 0.3) is 5.91 Å². The SMILES string of the molecule is CCC(Oc1cccc(/C=C2/SC(=S)N(c3ccc(NC(C)=O)cc3)C2=O)c1)C(=O)O. The van der Waals surface area contributed by atoms with Gasteiger partial charge in [-0.2, -0.15) is 0 Å². The Hall–Kier alpha value is -3.17. The molecule has 1 atom stereocenters. The van der Waals surface area contributed by atoms with Crippen LogP contribution < -0.4 is 15.0 Å². The molecule has 3 rings (SSSR count). The second kappa shape index (κ2) is 9.76. The van der Waals surface area contributed by atoms with Crippen molar-refractivity contribution >= 4 is 63.5 Å². The number of amides is 2. The zero-order valence-electron chi connectivity index (χ0n) is 16.8. The van der Waals surface area contributed by atoms with E-state index in [2.05, 4.69) is 5.32 Å². The fourth-order valence-corrected chi connectivity index (χ4v) is 4.19. The number of carbonyl (C=O) groups excluding carboxylic acids is 2. The number of hydrogen-bond acceptors (Lipinski definition) is 6. The standard InChI is InChI=1S/C22H20N2O5S2/c1-3-18(21(27)28)29-17-6-4-5-14(11-17)12-19-20(26)24(22(30)31-19)16-9-7-15(8-10-16)23-13(2)25/h4-12,18H,3H2,1-2H3,(H,23,25)(H,27,28)/b19-12+. The highest BCUT2D eigenvalue weighted by Crippen LogP contribution is 2.36. The summed E-state index contributed by atoms with van der Waals surface area (Å²) in [6, 6.07) is 13.7. The molecular formula is C22H20N2O5S2. The Morgan fingerprint density at radius 1 is 1.26 bits per heavy atom. The molecular weight excluding hydrogens is 436 g/mol. The molecule has 1 fully saturated rings. The molecule has 2 aromatic rings. The smallest absolute Gasteiger partial charge is 0.344 e. The minimum atomic E-state index is -1.03. The van der Waals surface area contributed by atoms with Crippen molar-refractivity contribution in [2.24, 2.45) is 0 Å². The number of carbonyl (C=O) groups is 3. The Balaban J connectivity index is 1.79. The van der Waals surface area contributed by atoms with E-state index in [0.29, 0.717) is 38.3 Å². The quantitative estimate of drug-likeness (QED) is 0.474. The third kappa shape index (κ3) is 5.50. The van der Waals surface area contributed by atoms with Gasteiger partial charge in [-0.3, -0.25) is 14.5 Å². The minimum absolute atomic E-state index is 0.180. The van der Waals surface area contributed by atoms with Crippen LogP contribution in [0.1, 0.15) is 25.8 Å². The molecule has 0 bridgehead atoms. The molecule has 1 aliphatic heterocycles. The van der Waals surface area contributed by atoms with Gasteiger partial charge in [-0.1, -0.05) is 43.0 Å². The maximum atomic E-state index is 13.0. The number of carboxylic acid groups (broad SMARTS) is 1. The van der Waals surface area contributed by atoms with Gasteiger partial charge in [0.2, 0.25) is 5.91 Å². The number of aliphatic carboxylic acids is 1. The molecule has 0 aromatic heterocycles. The van der Waals surface area contributed by atoms with E-state index in [1.807, 2.05) is 0 Å². The molecule has 1 heterocycles. The molecule has 0 radical (unpaired) electrons. The highest BCUT2D eigenvalue weighted by atomic mass is 32.2. The van der Waals surface area contributed by atoms with E-state index < -0.39 is 12.1 Å². The monoisotopic (exact) mass is 456 g/mol. The van der Waals surface area contributed by atoms with Crippen LogP contribution in [-0.2, 0) is 14.4 Å². The number of hydrogen-bond donors (Lipinski definition) is 2. The van der Waals surface area contributed by atoms with Crippen molar-refractivity contribution in [1.82, 2.24) is 0 Å². The van der Waals surface area contributed by atoms with E-state index in [9.17, 15) is 14.4 Å². The summed E-state index contributed by atoms with van der Waals surface area (Å²) in [4.78, 5) is 37.2. The van der Waals surface area contributed by atoms with Crippen LogP contribution in [0.15, 0.2) is 53.4 Å². The maximum absolute atomic E-state index is 13.0. The van der Waals surface area contributed by atoms with Gasteiger partial charge in [-0.05, 0) is 54.5 Å². The molecule has 160 valence electrons. The zero-order valence-corrected chi connectivity index (χ0v) is 18.5. The highest BCUT2D eigenvalue weighted by molar-refractivity contribution is 8.27. The van der Waals surface area contributed by atoms with Crippen LogP contribution in [0, 0.1) is 0 Å². The van der Waals surface area contributed by atoms with Gasteiger partial charge in [0, 0.05) is 12.6 Å². The lowest BCUT2D eigenvalue weighted by molar-refractivity contribution is -0.145. The van der Waals surface area contributed by atoms with Gasteiger partial charge < -0.3 is 15.2 Å². The number of rotatable bonds is 7. The first-order valence-electron chi connectivity index (χ1n) is 9.43. The molecule has 0 saturated carbocycles. The molecule has 0 spiro atoms. The van der Waals surface area contributed by atoms with Crippen LogP contribution in [0.25, 0.3) is 6.08 Å². The fraction of sp³-hybridized carbons (Fsp3) is 0.182. The predicted molar refractivity (Wildman–Crippen MR) is 125 cm³/mol. The zero-order chi connectivity index (χ0) is 22.5. The lowest BCUT2D eigenvalue weighted by Crippen LogP contribution is -2.27. The summed E-state index contributed by atoms with van der Waals surface area (Å²) in [5, 5.41) is 11.8. The van der Waals surface area contributed by atoms with Crippen LogP contribution in [0.5, 0.6) is 5.75 Å². The number of nitrogens with one attached hydrogen (secondary N) is 1. The highest BCUT2D eigenvalue weighted by Gasteiger charge is 2.33. The van der Waals surface area contributed by atoms with Crippen LogP contribution >= 0.6 is 24.0 Å². The van der Waals surface area contributed by atoms with Crippen molar-refractivity contribution in [2.75, 3.05) is 10.2 Å². The Kier molecular flexibility index (Phi) is 7.09. The summed E-state index contributed by atoms with van der Waals surface area (Å²) in [5.41, 5.74) is 1.92. The number of anilines is 2. The second-order valence-electron chi connectivity index (χ2n) is 6.67. The van der Waals surface area contributed by atoms with Crippen molar-refractivity contribution < 1.29 is 24.2 Å². The minimum Gasteiger partial charge on any atom is -0.479 e. The molecule has 31 heavy (non-hydrogen) atoms. The summed E-state index contributed by atoms with van der Waals surface area (Å²) in [7, 11) is 0. The molecule has 1 saturated heterocycles. The van der Waals surface area contributed by atoms with Gasteiger partial charge in [0.1, 0.15) is 5.75 Å². The number of thiocarbonyl (C=S) groups is 1. The third-order valence-electron chi connectivity index (χ3n) is 4.32. The Labute approximate surface area is 189 Å². The van der Waals surface area contributed by atoms with E-state index in [0.717, 1.165) is 0 Å². The Morgan fingerprint density at radius 2 is 1.97 bits per heavy atom. The average Bonchev–Trinajstić information content (AvgIpc) is 2.99. The predicted octanol–water partition coefficient (Wildman–Crippen LogP) is 4.29. The van der Waals surface area contributed by atoms with Gasteiger partial charge >= 0.3 is 5.97 Å². The van der Waals surface area contributed by atoms with E-state index in [1.165, 1.54) is 23.6 Å². The molecule has 2 N–H and O–H groups in total. The second-order valence-corrected chi connectivity index (χ2v) is 8.35. The molecule has 7 nitrogen and oxygen atoms in total. The third-order valence-corrected chi connectivity index (χ3v) is 5.62. The largest absolute Gasteiger partial charge is 0.479 e. The number of benzene rings is 2. The maximum Gasteiger partial charge on any atom is 0.344 e. The van der Waals surface area contributed by atoms with Crippen LogP contribution in [0.3, 0.4) is 0 Å². The first kappa shape index (κ1) is 22.5. The van der Waals surface area contributed by atoms with Crippen LogP contribution in [0.2, 0.25) is 0 Å². The average molecular weight is 457 g/mol. The van der Waals surface area contributed by atoms with E-state index >= 15 is 0 Å². The first-order chi connectivity index (χ1) is 14.8. The lowest BCUT2D eigenvalue weighted by atomic mass is 10.2. The molecule has 2 aromatic carbocycles. The fourth-order valence-electron chi connectivity index (χ4n) is 2.89. The Morgan fingerprint density at radius 3 is 2.58 bits per heavy atom. The van der Waals surface area contributed by atoms with Crippen molar-refractivity contribution in [3.05, 3.63) is 59.0 Å². The molecule has 9 heteroatoms. The van der Waals surface area contributed by atoms with Crippen LogP contribution in [-0.4, -0.2) is 33.3 Å². The summed E-state index contributed by atoms with van der Waals surface area (Å²) in [6.07, 6.45) is 1.09. The van der Waals surface area contributed by atoms with Gasteiger partial charge in [0.05, 0.1) is 10.6 Å². The number of ether oxygens (including phenoxy) is 1. The number of thioether (sulfide) groups is 1. The summed E-state index contributed by atoms with van der Waals surface area (Å²) >= 11 is 6.57. The molecule has 1 unspecified atom stereocenters. The van der Waals surface area contributed by atoms with Crippen LogP contribution in [0.4, 0.5) is 11.4 Å². The van der Waals surface area contributed by atoms with E-state index in [-0.39, 0.29) is 11.8 Å². The van der Waals surface area contributed by atoms with Gasteiger partial charge in [-0.25, -0.2) is 4.79 Å². The normalized spacial score (nSPS) is 15.8. The summed E-state index contributed by atoms with van der Waals surface area (Å²) in [6.45, 7) is 3.15. The van der Waals surface area contributed by atoms with Gasteiger partial charge in [-0.15, -0.1) is 0 Å². The van der Waals surface area contributed by atoms with E-state index in [1.54, 1.807) is 61.5 Å². The summed E-state index contributed by atoms with van der Waals surface area (Å²) in [5.74, 6) is -1.06. The summed E-state index contributed by atoms with van der Waals surface area (Å²) < 4.78 is 5.92. The van der Waals surface area contributed by atoms with E-state index in [4.69, 9.17) is 22.1 Å². The first-order valence-corrected chi connectivity index (χ1v) is 10.7. The number of carboxylic acids is 1. The van der Waals surface area contributed by atoms with Crippen molar-refractivity contribution in [1.29, 1.82) is 0 Å². The number of nitrogens with zero attached hydrogens (tertiary/aromatic N) is 1. The van der Waals surface area contributed by atoms with Crippen molar-refractivity contribution in [2.45, 2.75) is 26.4 Å². The molecule has 1 aliphatic rings. The molecule has 2 amide bonds. The van der Waals surface area contributed by atoms with Gasteiger partial charge in [0.15, 0.2) is 10.4 Å².